The molecule has 0 bridgehead atoms. The van der Waals surface area contributed by atoms with E-state index in [1.807, 2.05) is 42.8 Å². The molecule has 1 unspecified atom stereocenters. The van der Waals surface area contributed by atoms with Gasteiger partial charge in [-0.05, 0) is 12.0 Å². The zero-order chi connectivity index (χ0) is 16.1. The van der Waals surface area contributed by atoms with Crippen molar-refractivity contribution in [3.8, 4) is 0 Å². The molecule has 1 atom stereocenters. The van der Waals surface area contributed by atoms with Gasteiger partial charge in [-0.25, -0.2) is 0 Å². The average molecular weight is 302 g/mol. The molecule has 6 nitrogen and oxygen atoms in total. The normalized spacial score (nSPS) is 12.5. The molecule has 2 rings (SSSR count). The Hall–Kier alpha value is -2.37. The van der Waals surface area contributed by atoms with Gasteiger partial charge < -0.3 is 11.1 Å². The SMILES string of the molecule is CC(C)C(CC(N)=O)C(=O)NCCn1ncc2ccccc21. The number of benzene rings is 1. The van der Waals surface area contributed by atoms with E-state index in [1.165, 1.54) is 0 Å². The van der Waals surface area contributed by atoms with Crippen LogP contribution in [0.15, 0.2) is 30.5 Å². The molecule has 2 amide bonds. The lowest BCUT2D eigenvalue weighted by Gasteiger charge is -2.18. The number of hydrogen-bond donors (Lipinski definition) is 2. The van der Waals surface area contributed by atoms with Crippen LogP contribution in [-0.2, 0) is 16.1 Å². The molecular formula is C16H22N4O2. The highest BCUT2D eigenvalue weighted by atomic mass is 16.2. The third-order valence-corrected chi connectivity index (χ3v) is 3.74. The second kappa shape index (κ2) is 7.06. The summed E-state index contributed by atoms with van der Waals surface area (Å²) >= 11 is 0. The maximum Gasteiger partial charge on any atom is 0.223 e. The number of para-hydroxylation sites is 1. The van der Waals surface area contributed by atoms with E-state index in [4.69, 9.17) is 5.73 Å². The fourth-order valence-corrected chi connectivity index (χ4v) is 2.47. The number of nitrogens with two attached hydrogens (primary N) is 1. The Kier molecular flexibility index (Phi) is 5.14. The van der Waals surface area contributed by atoms with Crippen molar-refractivity contribution in [1.82, 2.24) is 15.1 Å². The van der Waals surface area contributed by atoms with E-state index in [2.05, 4.69) is 10.4 Å². The van der Waals surface area contributed by atoms with Crippen molar-refractivity contribution in [2.24, 2.45) is 17.6 Å². The molecule has 1 aromatic carbocycles. The van der Waals surface area contributed by atoms with Crippen LogP contribution in [0.1, 0.15) is 20.3 Å². The number of aromatic nitrogens is 2. The lowest BCUT2D eigenvalue weighted by Crippen LogP contribution is -2.37. The number of nitrogens with one attached hydrogen (secondary N) is 1. The van der Waals surface area contributed by atoms with Gasteiger partial charge in [0, 0.05) is 24.3 Å². The Morgan fingerprint density at radius 2 is 2.05 bits per heavy atom. The monoisotopic (exact) mass is 302 g/mol. The minimum absolute atomic E-state index is 0.0676. The first-order chi connectivity index (χ1) is 10.5. The van der Waals surface area contributed by atoms with Gasteiger partial charge in [-0.2, -0.15) is 5.10 Å². The highest BCUT2D eigenvalue weighted by molar-refractivity contribution is 5.85. The Morgan fingerprint density at radius 3 is 2.73 bits per heavy atom. The number of carbonyl (C=O) groups is 2. The molecule has 0 aliphatic heterocycles. The number of rotatable bonds is 7. The quantitative estimate of drug-likeness (QED) is 0.807. The lowest BCUT2D eigenvalue weighted by atomic mass is 9.91. The van der Waals surface area contributed by atoms with Crippen molar-refractivity contribution in [2.75, 3.05) is 6.54 Å². The second-order valence-electron chi connectivity index (χ2n) is 5.74. The zero-order valence-electron chi connectivity index (χ0n) is 13.0. The molecule has 1 aromatic heterocycles. The summed E-state index contributed by atoms with van der Waals surface area (Å²) in [5.74, 6) is -0.901. The molecule has 0 saturated carbocycles. The van der Waals surface area contributed by atoms with Gasteiger partial charge >= 0.3 is 0 Å². The largest absolute Gasteiger partial charge is 0.370 e. The van der Waals surface area contributed by atoms with Gasteiger partial charge in [0.05, 0.1) is 18.3 Å². The van der Waals surface area contributed by atoms with Crippen LogP contribution in [0.25, 0.3) is 10.9 Å². The van der Waals surface area contributed by atoms with E-state index in [0.29, 0.717) is 13.1 Å². The van der Waals surface area contributed by atoms with Gasteiger partial charge in [-0.3, -0.25) is 14.3 Å². The fraction of sp³-hybridized carbons (Fsp3) is 0.438. The van der Waals surface area contributed by atoms with Crippen LogP contribution in [-0.4, -0.2) is 28.1 Å². The smallest absolute Gasteiger partial charge is 0.223 e. The molecule has 0 saturated heterocycles. The van der Waals surface area contributed by atoms with Crippen LogP contribution in [0.4, 0.5) is 0 Å². The van der Waals surface area contributed by atoms with Crippen LogP contribution in [0.3, 0.4) is 0 Å². The van der Waals surface area contributed by atoms with Crippen LogP contribution >= 0.6 is 0 Å². The van der Waals surface area contributed by atoms with Gasteiger partial charge in [0.15, 0.2) is 0 Å². The highest BCUT2D eigenvalue weighted by Crippen LogP contribution is 2.15. The summed E-state index contributed by atoms with van der Waals surface area (Å²) < 4.78 is 1.86. The lowest BCUT2D eigenvalue weighted by molar-refractivity contribution is -0.130. The van der Waals surface area contributed by atoms with Crippen LogP contribution in [0, 0.1) is 11.8 Å². The zero-order valence-corrected chi connectivity index (χ0v) is 13.0. The number of amides is 2. The molecule has 0 aliphatic carbocycles. The highest BCUT2D eigenvalue weighted by Gasteiger charge is 2.23. The van der Waals surface area contributed by atoms with Gasteiger partial charge in [0.1, 0.15) is 0 Å². The number of carbonyl (C=O) groups excluding carboxylic acids is 2. The molecule has 2 aromatic rings. The predicted octanol–water partition coefficient (Wildman–Crippen LogP) is 1.30. The van der Waals surface area contributed by atoms with E-state index < -0.39 is 5.91 Å². The van der Waals surface area contributed by atoms with Crippen LogP contribution in [0.2, 0.25) is 0 Å². The summed E-state index contributed by atoms with van der Waals surface area (Å²) in [7, 11) is 0. The molecule has 0 radical (unpaired) electrons. The molecule has 1 heterocycles. The second-order valence-corrected chi connectivity index (χ2v) is 5.74. The molecule has 22 heavy (non-hydrogen) atoms. The van der Waals surface area contributed by atoms with E-state index in [-0.39, 0.29) is 24.2 Å². The topological polar surface area (TPSA) is 90.0 Å². The van der Waals surface area contributed by atoms with E-state index >= 15 is 0 Å². The van der Waals surface area contributed by atoms with Gasteiger partial charge in [0.2, 0.25) is 11.8 Å². The first kappa shape index (κ1) is 16.0. The summed E-state index contributed by atoms with van der Waals surface area (Å²) in [6.45, 7) is 4.87. The first-order valence-electron chi connectivity index (χ1n) is 7.45. The number of primary amides is 1. The third-order valence-electron chi connectivity index (χ3n) is 3.74. The van der Waals surface area contributed by atoms with Crippen molar-refractivity contribution in [3.63, 3.8) is 0 Å². The molecule has 0 spiro atoms. The van der Waals surface area contributed by atoms with E-state index in [0.717, 1.165) is 10.9 Å². The summed E-state index contributed by atoms with van der Waals surface area (Å²) in [5, 5.41) is 8.25. The number of hydrogen-bond acceptors (Lipinski definition) is 3. The average Bonchev–Trinajstić information content (AvgIpc) is 2.87. The van der Waals surface area contributed by atoms with Crippen molar-refractivity contribution in [1.29, 1.82) is 0 Å². The van der Waals surface area contributed by atoms with E-state index in [1.54, 1.807) is 6.20 Å². The van der Waals surface area contributed by atoms with Crippen LogP contribution in [0.5, 0.6) is 0 Å². The Morgan fingerprint density at radius 1 is 1.32 bits per heavy atom. The summed E-state index contributed by atoms with van der Waals surface area (Å²) in [6, 6.07) is 7.92. The Bertz CT molecular complexity index is 663. The summed E-state index contributed by atoms with van der Waals surface area (Å²) in [5.41, 5.74) is 6.24. The van der Waals surface area contributed by atoms with Crippen molar-refractivity contribution in [2.45, 2.75) is 26.8 Å². The maximum absolute atomic E-state index is 12.2. The van der Waals surface area contributed by atoms with Gasteiger partial charge in [-0.15, -0.1) is 0 Å². The Labute approximate surface area is 129 Å². The molecule has 3 N–H and O–H groups in total. The number of fused-ring (bicyclic) bond motifs is 1. The minimum Gasteiger partial charge on any atom is -0.370 e. The predicted molar refractivity (Wildman–Crippen MR) is 84.9 cm³/mol. The van der Waals surface area contributed by atoms with Crippen molar-refractivity contribution >= 4 is 22.7 Å². The minimum atomic E-state index is -0.452. The molecular weight excluding hydrogens is 280 g/mol. The fourth-order valence-electron chi connectivity index (χ4n) is 2.47. The number of nitrogens with zero attached hydrogens (tertiary/aromatic N) is 2. The van der Waals surface area contributed by atoms with Crippen LogP contribution < -0.4 is 11.1 Å². The summed E-state index contributed by atoms with van der Waals surface area (Å²) in [4.78, 5) is 23.2. The maximum atomic E-state index is 12.2. The van der Waals surface area contributed by atoms with E-state index in [9.17, 15) is 9.59 Å². The molecule has 0 fully saturated rings. The van der Waals surface area contributed by atoms with Crippen molar-refractivity contribution < 1.29 is 9.59 Å². The first-order valence-corrected chi connectivity index (χ1v) is 7.45. The molecule has 6 heteroatoms. The standard InChI is InChI=1S/C16H22N4O2/c1-11(2)13(9-15(17)21)16(22)18-7-8-20-14-6-4-3-5-12(14)10-19-20/h3-6,10-11,13H,7-9H2,1-2H3,(H2,17,21)(H,18,22). The molecule has 118 valence electrons. The Balaban J connectivity index is 1.92. The summed E-state index contributed by atoms with van der Waals surface area (Å²) in [6.07, 6.45) is 1.88. The third kappa shape index (κ3) is 3.84. The van der Waals surface area contributed by atoms with Gasteiger partial charge in [-0.1, -0.05) is 32.0 Å². The van der Waals surface area contributed by atoms with Gasteiger partial charge in [0.25, 0.3) is 0 Å². The molecule has 0 aliphatic rings. The van der Waals surface area contributed by atoms with Crippen molar-refractivity contribution in [3.05, 3.63) is 30.5 Å².